The quantitative estimate of drug-likeness (QED) is 0.812. The van der Waals surface area contributed by atoms with E-state index in [1.165, 1.54) is 29.2 Å². The lowest BCUT2D eigenvalue weighted by atomic mass is 10.3. The molecule has 0 bridgehead atoms. The molecule has 2 rings (SSSR count). The van der Waals surface area contributed by atoms with Crippen LogP contribution in [0.3, 0.4) is 0 Å². The molecule has 6 nitrogen and oxygen atoms in total. The van der Waals surface area contributed by atoms with E-state index in [9.17, 15) is 12.8 Å². The van der Waals surface area contributed by atoms with Gasteiger partial charge in [-0.15, -0.1) is 0 Å². The van der Waals surface area contributed by atoms with Crippen LogP contribution < -0.4 is 10.5 Å². The fourth-order valence-electron chi connectivity index (χ4n) is 1.34. The van der Waals surface area contributed by atoms with Gasteiger partial charge in [0.05, 0.1) is 17.6 Å². The molecule has 3 N–H and O–H groups in total. The van der Waals surface area contributed by atoms with Gasteiger partial charge in [0.1, 0.15) is 10.7 Å². The fraction of sp³-hybridized carbons (Fsp3) is 0.100. The smallest absolute Gasteiger partial charge is 0.265 e. The number of nitrogens with one attached hydrogen (secondary N) is 1. The number of halogens is 1. The molecule has 0 atom stereocenters. The van der Waals surface area contributed by atoms with Crippen LogP contribution in [0, 0.1) is 5.82 Å². The lowest BCUT2D eigenvalue weighted by Gasteiger charge is -2.06. The van der Waals surface area contributed by atoms with Crippen molar-refractivity contribution in [3.05, 3.63) is 36.4 Å². The molecule has 0 spiro atoms. The monoisotopic (exact) mass is 270 g/mol. The summed E-state index contributed by atoms with van der Waals surface area (Å²) in [6.07, 6.45) is 2.55. The number of sulfonamides is 1. The van der Waals surface area contributed by atoms with Gasteiger partial charge in [-0.05, 0) is 12.1 Å². The summed E-state index contributed by atoms with van der Waals surface area (Å²) in [6.45, 7) is 0. The van der Waals surface area contributed by atoms with Crippen LogP contribution in [0.1, 0.15) is 0 Å². The molecule has 1 aromatic heterocycles. The Kier molecular flexibility index (Phi) is 2.95. The number of aryl methyl sites for hydroxylation is 1. The second-order valence-corrected chi connectivity index (χ2v) is 5.37. The zero-order chi connectivity index (χ0) is 13.3. The zero-order valence-electron chi connectivity index (χ0n) is 9.46. The number of nitrogen functional groups attached to an aromatic ring is 1. The number of benzene rings is 1. The number of anilines is 2. The molecule has 1 heterocycles. The third-order valence-electron chi connectivity index (χ3n) is 2.24. The minimum atomic E-state index is -3.76. The molecule has 0 unspecified atom stereocenters. The van der Waals surface area contributed by atoms with Crippen LogP contribution in [0.25, 0.3) is 0 Å². The van der Waals surface area contributed by atoms with Crippen LogP contribution in [-0.4, -0.2) is 18.2 Å². The lowest BCUT2D eigenvalue weighted by molar-refractivity contribution is 0.601. The third-order valence-corrected chi connectivity index (χ3v) is 3.58. The van der Waals surface area contributed by atoms with Gasteiger partial charge in [-0.25, -0.2) is 12.8 Å². The third kappa shape index (κ3) is 2.43. The maximum atomic E-state index is 13.2. The number of hydrogen-bond acceptors (Lipinski definition) is 4. The Labute approximate surface area is 103 Å². The maximum absolute atomic E-state index is 13.2. The fourth-order valence-corrected chi connectivity index (χ4v) is 2.37. The zero-order valence-corrected chi connectivity index (χ0v) is 10.3. The summed E-state index contributed by atoms with van der Waals surface area (Å²) in [5.41, 5.74) is 5.36. The van der Waals surface area contributed by atoms with E-state index in [1.807, 2.05) is 0 Å². The van der Waals surface area contributed by atoms with Crippen molar-refractivity contribution in [3.8, 4) is 0 Å². The molecule has 0 aliphatic heterocycles. The average Bonchev–Trinajstić information content (AvgIpc) is 2.71. The number of hydrogen-bond donors (Lipinski definition) is 2. The van der Waals surface area contributed by atoms with Crippen molar-refractivity contribution in [1.82, 2.24) is 9.78 Å². The minimum Gasteiger partial charge on any atom is -0.396 e. The van der Waals surface area contributed by atoms with Crippen LogP contribution in [0.15, 0.2) is 35.5 Å². The highest BCUT2D eigenvalue weighted by Crippen LogP contribution is 2.19. The normalized spacial score (nSPS) is 11.4. The van der Waals surface area contributed by atoms with E-state index in [0.29, 0.717) is 0 Å². The van der Waals surface area contributed by atoms with E-state index in [0.717, 1.165) is 6.07 Å². The number of aromatic nitrogens is 2. The average molecular weight is 270 g/mol. The molecular formula is C10H11FN4O2S. The summed E-state index contributed by atoms with van der Waals surface area (Å²) >= 11 is 0. The van der Waals surface area contributed by atoms with E-state index in [4.69, 9.17) is 5.73 Å². The summed E-state index contributed by atoms with van der Waals surface area (Å²) in [6, 6.07) is 3.69. The Morgan fingerprint density at radius 1 is 1.44 bits per heavy atom. The predicted molar refractivity (Wildman–Crippen MR) is 64.8 cm³/mol. The van der Waals surface area contributed by atoms with E-state index >= 15 is 0 Å². The minimum absolute atomic E-state index is 0.00207. The van der Waals surface area contributed by atoms with Crippen molar-refractivity contribution in [2.24, 2.45) is 7.05 Å². The number of nitrogens with two attached hydrogens (primary N) is 1. The van der Waals surface area contributed by atoms with Crippen molar-refractivity contribution in [3.63, 3.8) is 0 Å². The van der Waals surface area contributed by atoms with E-state index in [2.05, 4.69) is 9.82 Å². The van der Waals surface area contributed by atoms with Crippen molar-refractivity contribution >= 4 is 21.4 Å². The van der Waals surface area contributed by atoms with Crippen molar-refractivity contribution < 1.29 is 12.8 Å². The van der Waals surface area contributed by atoms with Gasteiger partial charge in [-0.3, -0.25) is 9.40 Å². The van der Waals surface area contributed by atoms with Gasteiger partial charge in [-0.1, -0.05) is 0 Å². The van der Waals surface area contributed by atoms with Gasteiger partial charge in [0.15, 0.2) is 0 Å². The van der Waals surface area contributed by atoms with Crippen LogP contribution in [0.2, 0.25) is 0 Å². The molecule has 96 valence electrons. The van der Waals surface area contributed by atoms with Gasteiger partial charge >= 0.3 is 0 Å². The summed E-state index contributed by atoms with van der Waals surface area (Å²) < 4.78 is 40.6. The number of rotatable bonds is 3. The van der Waals surface area contributed by atoms with Crippen LogP contribution in [0.5, 0.6) is 0 Å². The summed E-state index contributed by atoms with van der Waals surface area (Å²) in [4.78, 5) is 0.00207. The molecule has 2 aromatic rings. The summed E-state index contributed by atoms with van der Waals surface area (Å²) in [7, 11) is -2.16. The molecule has 0 saturated carbocycles. The topological polar surface area (TPSA) is 90.0 Å². The first kappa shape index (κ1) is 12.4. The van der Waals surface area contributed by atoms with E-state index < -0.39 is 15.8 Å². The standard InChI is InChI=1S/C10H11FN4O2S/c1-15-6-8(5-13-15)18(16,17)14-7-2-3-10(12)9(11)4-7/h2-6,14H,12H2,1H3. The van der Waals surface area contributed by atoms with Crippen molar-refractivity contribution in [2.75, 3.05) is 10.5 Å². The van der Waals surface area contributed by atoms with Crippen LogP contribution in [0.4, 0.5) is 15.8 Å². The Balaban J connectivity index is 2.30. The first-order valence-corrected chi connectivity index (χ1v) is 6.43. The van der Waals surface area contributed by atoms with Gasteiger partial charge in [0, 0.05) is 19.3 Å². The second kappa shape index (κ2) is 4.30. The second-order valence-electron chi connectivity index (χ2n) is 3.69. The Bertz CT molecular complexity index is 681. The largest absolute Gasteiger partial charge is 0.396 e. The van der Waals surface area contributed by atoms with Crippen molar-refractivity contribution in [2.45, 2.75) is 4.90 Å². The molecule has 0 aliphatic rings. The molecule has 8 heteroatoms. The molecule has 1 aromatic carbocycles. The van der Waals surface area contributed by atoms with E-state index in [1.54, 1.807) is 7.05 Å². The Morgan fingerprint density at radius 2 is 2.17 bits per heavy atom. The molecule has 0 fully saturated rings. The first-order valence-electron chi connectivity index (χ1n) is 4.95. The summed E-state index contributed by atoms with van der Waals surface area (Å²) in [5, 5.41) is 3.76. The summed E-state index contributed by atoms with van der Waals surface area (Å²) in [5.74, 6) is -0.679. The van der Waals surface area contributed by atoms with Gasteiger partial charge in [-0.2, -0.15) is 5.10 Å². The lowest BCUT2D eigenvalue weighted by Crippen LogP contribution is -2.12. The van der Waals surface area contributed by atoms with E-state index in [-0.39, 0.29) is 16.3 Å². The van der Waals surface area contributed by atoms with Gasteiger partial charge in [0.25, 0.3) is 10.0 Å². The van der Waals surface area contributed by atoms with Crippen LogP contribution >= 0.6 is 0 Å². The predicted octanol–water partition coefficient (Wildman–Crippen LogP) is 0.942. The van der Waals surface area contributed by atoms with Gasteiger partial charge < -0.3 is 5.73 Å². The highest BCUT2D eigenvalue weighted by Gasteiger charge is 2.16. The first-order chi connectivity index (χ1) is 8.38. The molecular weight excluding hydrogens is 259 g/mol. The SMILES string of the molecule is Cn1cc(S(=O)(=O)Nc2ccc(N)c(F)c2)cn1. The highest BCUT2D eigenvalue weighted by atomic mass is 32.2. The Hall–Kier alpha value is -2.09. The van der Waals surface area contributed by atoms with Gasteiger partial charge in [0.2, 0.25) is 0 Å². The van der Waals surface area contributed by atoms with Crippen molar-refractivity contribution in [1.29, 1.82) is 0 Å². The molecule has 0 amide bonds. The Morgan fingerprint density at radius 3 is 2.72 bits per heavy atom. The molecule has 0 aliphatic carbocycles. The maximum Gasteiger partial charge on any atom is 0.265 e. The number of nitrogens with zero attached hydrogens (tertiary/aromatic N) is 2. The molecule has 18 heavy (non-hydrogen) atoms. The van der Waals surface area contributed by atoms with Crippen LogP contribution in [-0.2, 0) is 17.1 Å². The molecule has 0 radical (unpaired) electrons. The molecule has 0 saturated heterocycles. The highest BCUT2D eigenvalue weighted by molar-refractivity contribution is 7.92.